The van der Waals surface area contributed by atoms with Gasteiger partial charge in [-0.25, -0.2) is 0 Å². The summed E-state index contributed by atoms with van der Waals surface area (Å²) in [5.74, 6) is -4.88. The first-order chi connectivity index (χ1) is 27.9. The first-order valence-corrected chi connectivity index (χ1v) is 19.6. The van der Waals surface area contributed by atoms with Gasteiger partial charge in [0.2, 0.25) is 41.4 Å². The van der Waals surface area contributed by atoms with E-state index < -0.39 is 84.0 Å². The molecule has 0 spiro atoms. The van der Waals surface area contributed by atoms with E-state index in [1.54, 1.807) is 30.5 Å². The molecule has 1 aromatic heterocycles. The molecule has 6 atom stereocenters. The zero-order chi connectivity index (χ0) is 41.3. The summed E-state index contributed by atoms with van der Waals surface area (Å²) in [5, 5.41) is 11.9. The van der Waals surface area contributed by atoms with Gasteiger partial charge in [-0.2, -0.15) is 0 Å². The van der Waals surface area contributed by atoms with E-state index >= 15 is 0 Å². The summed E-state index contributed by atoms with van der Waals surface area (Å²) >= 11 is 0. The third kappa shape index (κ3) is 9.91. The van der Waals surface area contributed by atoms with Gasteiger partial charge in [-0.05, 0) is 55.7 Å². The number of hydrogen-bond donors (Lipinski definition) is 8. The first-order valence-electron chi connectivity index (χ1n) is 19.6. The molecule has 0 saturated carbocycles. The van der Waals surface area contributed by atoms with Crippen molar-refractivity contribution in [3.63, 3.8) is 0 Å². The van der Waals surface area contributed by atoms with Crippen molar-refractivity contribution in [1.29, 1.82) is 0 Å². The normalized spacial score (nSPS) is 24.8. The van der Waals surface area contributed by atoms with E-state index in [0.29, 0.717) is 31.2 Å². The minimum absolute atomic E-state index is 0.0336. The fraction of sp³-hybridized carbons (Fsp3) is 0.450. The van der Waals surface area contributed by atoms with Gasteiger partial charge in [-0.3, -0.25) is 38.6 Å². The van der Waals surface area contributed by atoms with Gasteiger partial charge >= 0.3 is 0 Å². The SMILES string of the molecule is NC(=O)C[C@@H]1NC(=O)[C@H](Cc2c[nH]c3ccccc23)NC(=O)[C@H](CCCN=C(N)N)NC(=O)[C@@H](Cc2ccccc2)NC(=O)[C@@H]2CCCN2C(=O)[C@H]2CCCN2C1=O. The zero-order valence-corrected chi connectivity index (χ0v) is 32.2. The minimum atomic E-state index is -1.47. The molecule has 0 unspecified atom stereocenters. The largest absolute Gasteiger partial charge is 0.370 e. The van der Waals surface area contributed by atoms with E-state index in [1.807, 2.05) is 30.3 Å². The first kappa shape index (κ1) is 41.2. The smallest absolute Gasteiger partial charge is 0.246 e. The highest BCUT2D eigenvalue weighted by Crippen LogP contribution is 2.27. The lowest BCUT2D eigenvalue weighted by molar-refractivity contribution is -0.148. The van der Waals surface area contributed by atoms with Gasteiger partial charge in [0.05, 0.1) is 6.42 Å². The molecule has 18 heteroatoms. The highest BCUT2D eigenvalue weighted by atomic mass is 16.2. The second kappa shape index (κ2) is 18.7. The lowest BCUT2D eigenvalue weighted by Crippen LogP contribution is -2.61. The van der Waals surface area contributed by atoms with Gasteiger partial charge in [0.1, 0.15) is 36.3 Å². The molecule has 7 amide bonds. The number of aliphatic imine (C=N–C) groups is 1. The molecule has 3 aliphatic rings. The van der Waals surface area contributed by atoms with Gasteiger partial charge in [-0.15, -0.1) is 0 Å². The average molecular weight is 798 g/mol. The molecule has 2 aromatic carbocycles. The highest BCUT2D eigenvalue weighted by Gasteiger charge is 2.45. The van der Waals surface area contributed by atoms with Crippen molar-refractivity contribution >= 4 is 58.2 Å². The van der Waals surface area contributed by atoms with Crippen LogP contribution in [-0.2, 0) is 46.4 Å². The molecule has 18 nitrogen and oxygen atoms in total. The second-order valence-corrected chi connectivity index (χ2v) is 15.0. The summed E-state index contributed by atoms with van der Waals surface area (Å²) in [5.41, 5.74) is 18.8. The van der Waals surface area contributed by atoms with Gasteiger partial charge in [0.15, 0.2) is 5.96 Å². The number of primary amides is 1. The van der Waals surface area contributed by atoms with E-state index in [-0.39, 0.29) is 51.3 Å². The maximum absolute atomic E-state index is 14.3. The number of nitrogens with two attached hydrogens (primary N) is 3. The molecular weight excluding hydrogens is 747 g/mol. The number of carbonyl (C=O) groups excluding carboxylic acids is 7. The summed E-state index contributed by atoms with van der Waals surface area (Å²) in [4.78, 5) is 108. The average Bonchev–Trinajstić information content (AvgIpc) is 3.98. The number of rotatable bonds is 10. The number of aromatic amines is 1. The standard InChI is InChI=1S/C40H51N11O7/c41-33(52)21-30-38(57)51-18-8-15-32(51)39(58)50-17-7-14-31(50)37(56)48-28(19-23-9-2-1-3-10-23)35(54)46-27(13-6-16-44-40(42)43)34(53)47-29(36(55)49-30)20-24-22-45-26-12-5-4-11-25(24)26/h1-5,9-12,22,27-32,45H,6-8,13-21H2,(H2,41,52)(H,46,54)(H,47,53)(H,48,56)(H,49,55)(H4,42,43,44)/t27-,28+,29-,30-,31-,32+/m0/s1. The Labute approximate surface area is 335 Å². The molecule has 308 valence electrons. The van der Waals surface area contributed by atoms with Crippen molar-refractivity contribution in [2.24, 2.45) is 22.2 Å². The number of para-hydroxylation sites is 1. The molecule has 0 radical (unpaired) electrons. The number of amides is 7. The molecule has 3 aromatic rings. The quantitative estimate of drug-likeness (QED) is 0.0695. The number of benzene rings is 2. The van der Waals surface area contributed by atoms with Crippen molar-refractivity contribution in [3.05, 3.63) is 71.9 Å². The van der Waals surface area contributed by atoms with E-state index in [9.17, 15) is 33.6 Å². The number of carbonyl (C=O) groups is 7. The van der Waals surface area contributed by atoms with Crippen LogP contribution in [0.4, 0.5) is 0 Å². The number of H-pyrrole nitrogens is 1. The predicted octanol–water partition coefficient (Wildman–Crippen LogP) is -1.18. The number of fused-ring (bicyclic) bond motifs is 3. The summed E-state index contributed by atoms with van der Waals surface area (Å²) < 4.78 is 0. The van der Waals surface area contributed by atoms with E-state index in [2.05, 4.69) is 31.2 Å². The number of nitrogens with zero attached hydrogens (tertiary/aromatic N) is 3. The summed E-state index contributed by atoms with van der Waals surface area (Å²) in [6.45, 7) is 0.548. The Kier molecular flexibility index (Phi) is 13.2. The van der Waals surface area contributed by atoms with E-state index in [0.717, 1.165) is 16.5 Å². The third-order valence-corrected chi connectivity index (χ3v) is 10.9. The van der Waals surface area contributed by atoms with E-state index in [1.165, 1.54) is 9.80 Å². The molecule has 0 bridgehead atoms. The fourth-order valence-corrected chi connectivity index (χ4v) is 8.03. The highest BCUT2D eigenvalue weighted by molar-refractivity contribution is 6.00. The fourth-order valence-electron chi connectivity index (χ4n) is 8.03. The van der Waals surface area contributed by atoms with Crippen LogP contribution in [0.25, 0.3) is 10.9 Å². The van der Waals surface area contributed by atoms with Crippen LogP contribution in [-0.4, -0.2) is 118 Å². The van der Waals surface area contributed by atoms with Crippen molar-refractivity contribution in [3.8, 4) is 0 Å². The Morgan fingerprint density at radius 3 is 1.97 bits per heavy atom. The maximum atomic E-state index is 14.3. The van der Waals surface area contributed by atoms with Crippen LogP contribution in [0.1, 0.15) is 56.1 Å². The molecule has 58 heavy (non-hydrogen) atoms. The zero-order valence-electron chi connectivity index (χ0n) is 32.2. The van der Waals surface area contributed by atoms with E-state index in [4.69, 9.17) is 17.2 Å². The van der Waals surface area contributed by atoms with Crippen molar-refractivity contribution in [1.82, 2.24) is 36.1 Å². The Hall–Kier alpha value is -6.46. The molecule has 11 N–H and O–H groups in total. The summed E-state index contributed by atoms with van der Waals surface area (Å²) in [6, 6.07) is 9.32. The van der Waals surface area contributed by atoms with Crippen molar-refractivity contribution in [2.75, 3.05) is 19.6 Å². The van der Waals surface area contributed by atoms with Crippen LogP contribution in [0, 0.1) is 0 Å². The number of guanidine groups is 1. The van der Waals surface area contributed by atoms with Gasteiger partial charge in [-0.1, -0.05) is 48.5 Å². The Balaban J connectivity index is 1.40. The third-order valence-electron chi connectivity index (χ3n) is 10.9. The molecule has 6 rings (SSSR count). The maximum Gasteiger partial charge on any atom is 0.246 e. The van der Waals surface area contributed by atoms with Gasteiger partial charge < -0.3 is 53.3 Å². The van der Waals surface area contributed by atoms with Crippen molar-refractivity contribution < 1.29 is 33.6 Å². The lowest BCUT2D eigenvalue weighted by atomic mass is 10.0. The second-order valence-electron chi connectivity index (χ2n) is 15.0. The molecule has 3 saturated heterocycles. The number of hydrogen-bond acceptors (Lipinski definition) is 8. The Morgan fingerprint density at radius 2 is 1.26 bits per heavy atom. The summed E-state index contributed by atoms with van der Waals surface area (Å²) in [7, 11) is 0. The van der Waals surface area contributed by atoms with Crippen LogP contribution in [0.2, 0.25) is 0 Å². The summed E-state index contributed by atoms with van der Waals surface area (Å²) in [6.07, 6.45) is 3.03. The molecule has 3 fully saturated rings. The molecular formula is C40H51N11O7. The number of nitrogens with one attached hydrogen (secondary N) is 5. The lowest BCUT2D eigenvalue weighted by Gasteiger charge is -2.34. The topological polar surface area (TPSA) is 280 Å². The molecule has 0 aliphatic carbocycles. The molecule has 4 heterocycles. The van der Waals surface area contributed by atoms with Gasteiger partial charge in [0, 0.05) is 49.6 Å². The van der Waals surface area contributed by atoms with Crippen LogP contribution in [0.3, 0.4) is 0 Å². The predicted molar refractivity (Wildman–Crippen MR) is 213 cm³/mol. The van der Waals surface area contributed by atoms with Crippen LogP contribution in [0.5, 0.6) is 0 Å². The molecule has 3 aliphatic heterocycles. The van der Waals surface area contributed by atoms with Gasteiger partial charge in [0.25, 0.3) is 0 Å². The number of aromatic nitrogens is 1. The monoisotopic (exact) mass is 797 g/mol. The Bertz CT molecular complexity index is 2050. The van der Waals surface area contributed by atoms with Crippen LogP contribution in [0.15, 0.2) is 65.8 Å². The Morgan fingerprint density at radius 1 is 0.672 bits per heavy atom. The van der Waals surface area contributed by atoms with Crippen LogP contribution < -0.4 is 38.5 Å². The minimum Gasteiger partial charge on any atom is -0.370 e. The van der Waals surface area contributed by atoms with Crippen molar-refractivity contribution in [2.45, 2.75) is 94.0 Å². The van der Waals surface area contributed by atoms with Crippen LogP contribution >= 0.6 is 0 Å².